The molecule has 0 spiro atoms. The van der Waals surface area contributed by atoms with Crippen LogP contribution in [0.15, 0.2) is 6.07 Å². The molecule has 5 nitrogen and oxygen atoms in total. The van der Waals surface area contributed by atoms with Gasteiger partial charge < -0.3 is 9.47 Å². The number of esters is 2. The van der Waals surface area contributed by atoms with Crippen molar-refractivity contribution < 1.29 is 19.1 Å². The predicted molar refractivity (Wildman–Crippen MR) is 51.7 cm³/mol. The van der Waals surface area contributed by atoms with Crippen LogP contribution in [0, 0.1) is 11.3 Å². The van der Waals surface area contributed by atoms with Gasteiger partial charge in [-0.15, -0.1) is 11.3 Å². The summed E-state index contributed by atoms with van der Waals surface area (Å²) in [5.74, 6) is -1.31. The van der Waals surface area contributed by atoms with Gasteiger partial charge in [-0.1, -0.05) is 0 Å². The van der Waals surface area contributed by atoms with Gasteiger partial charge in [0, 0.05) is 0 Å². The standard InChI is InChI=1S/C9H7NO4S/c1-13-8(11)6-3-5(4-10)15-7(6)9(12)14-2/h3H,1-2H3. The first-order chi connectivity index (χ1) is 7.13. The Labute approximate surface area is 89.8 Å². The van der Waals surface area contributed by atoms with Gasteiger partial charge in [0.25, 0.3) is 0 Å². The third kappa shape index (κ3) is 2.14. The van der Waals surface area contributed by atoms with Crippen LogP contribution in [-0.4, -0.2) is 26.2 Å². The molecule has 0 radical (unpaired) electrons. The van der Waals surface area contributed by atoms with Gasteiger partial charge in [-0.3, -0.25) is 0 Å². The van der Waals surface area contributed by atoms with Crippen molar-refractivity contribution in [1.29, 1.82) is 5.26 Å². The second kappa shape index (κ2) is 4.57. The molecule has 6 heteroatoms. The van der Waals surface area contributed by atoms with E-state index in [-0.39, 0.29) is 15.3 Å². The minimum absolute atomic E-state index is 0.0610. The van der Waals surface area contributed by atoms with Crippen molar-refractivity contribution in [3.8, 4) is 6.07 Å². The minimum Gasteiger partial charge on any atom is -0.465 e. The number of thiophene rings is 1. The molecule has 0 atom stereocenters. The van der Waals surface area contributed by atoms with Gasteiger partial charge in [0.2, 0.25) is 0 Å². The number of nitrogens with zero attached hydrogens (tertiary/aromatic N) is 1. The lowest BCUT2D eigenvalue weighted by Gasteiger charge is -1.98. The summed E-state index contributed by atoms with van der Waals surface area (Å²) in [5.41, 5.74) is 0.0610. The maximum absolute atomic E-state index is 11.3. The summed E-state index contributed by atoms with van der Waals surface area (Å²) in [6.45, 7) is 0. The first kappa shape index (κ1) is 11.2. The highest BCUT2D eigenvalue weighted by Gasteiger charge is 2.22. The van der Waals surface area contributed by atoms with E-state index in [0.29, 0.717) is 0 Å². The van der Waals surface area contributed by atoms with Crippen LogP contribution in [0.2, 0.25) is 0 Å². The lowest BCUT2D eigenvalue weighted by atomic mass is 10.2. The van der Waals surface area contributed by atoms with Crippen LogP contribution < -0.4 is 0 Å². The molecule has 0 aliphatic rings. The highest BCUT2D eigenvalue weighted by atomic mass is 32.1. The maximum atomic E-state index is 11.3. The molecule has 0 amide bonds. The number of carbonyl (C=O) groups excluding carboxylic acids is 2. The summed E-state index contributed by atoms with van der Waals surface area (Å²) in [5, 5.41) is 8.64. The largest absolute Gasteiger partial charge is 0.465 e. The lowest BCUT2D eigenvalue weighted by Crippen LogP contribution is -2.08. The number of nitriles is 1. The molecule has 1 aromatic rings. The molecular formula is C9H7NO4S. The van der Waals surface area contributed by atoms with E-state index in [9.17, 15) is 9.59 Å². The first-order valence-corrected chi connectivity index (χ1v) is 4.66. The summed E-state index contributed by atoms with van der Waals surface area (Å²) >= 11 is 0.899. The monoisotopic (exact) mass is 225 g/mol. The molecule has 0 fully saturated rings. The van der Waals surface area contributed by atoms with Gasteiger partial charge in [-0.05, 0) is 6.07 Å². The zero-order valence-corrected chi connectivity index (χ0v) is 8.88. The summed E-state index contributed by atoms with van der Waals surface area (Å²) < 4.78 is 8.96. The zero-order chi connectivity index (χ0) is 11.4. The summed E-state index contributed by atoms with van der Waals surface area (Å²) in [7, 11) is 2.41. The Bertz CT molecular complexity index is 410. The smallest absolute Gasteiger partial charge is 0.348 e. The molecule has 78 valence electrons. The van der Waals surface area contributed by atoms with E-state index in [2.05, 4.69) is 9.47 Å². The SMILES string of the molecule is COC(=O)c1cc(C#N)sc1C(=O)OC. The molecule has 1 aromatic heterocycles. The van der Waals surface area contributed by atoms with Crippen molar-refractivity contribution in [2.24, 2.45) is 0 Å². The average molecular weight is 225 g/mol. The lowest BCUT2D eigenvalue weighted by molar-refractivity contribution is 0.0560. The van der Waals surface area contributed by atoms with Crippen molar-refractivity contribution in [2.45, 2.75) is 0 Å². The zero-order valence-electron chi connectivity index (χ0n) is 8.07. The number of hydrogen-bond acceptors (Lipinski definition) is 6. The maximum Gasteiger partial charge on any atom is 0.348 e. The van der Waals surface area contributed by atoms with Crippen LogP contribution in [0.5, 0.6) is 0 Å². The molecule has 0 aromatic carbocycles. The molecule has 0 bridgehead atoms. The summed E-state index contributed by atoms with van der Waals surface area (Å²) in [6, 6.07) is 3.16. The normalized spacial score (nSPS) is 9.13. The highest BCUT2D eigenvalue weighted by molar-refractivity contribution is 7.14. The van der Waals surface area contributed by atoms with Crippen LogP contribution in [-0.2, 0) is 9.47 Å². The van der Waals surface area contributed by atoms with E-state index < -0.39 is 11.9 Å². The number of methoxy groups -OCH3 is 2. The molecule has 1 rings (SSSR count). The van der Waals surface area contributed by atoms with E-state index in [4.69, 9.17) is 5.26 Å². The molecular weight excluding hydrogens is 218 g/mol. The van der Waals surface area contributed by atoms with Crippen molar-refractivity contribution in [2.75, 3.05) is 14.2 Å². The Morgan fingerprint density at radius 3 is 2.40 bits per heavy atom. The number of hydrogen-bond donors (Lipinski definition) is 0. The number of ether oxygens (including phenoxy) is 2. The van der Waals surface area contributed by atoms with E-state index in [1.165, 1.54) is 20.3 Å². The molecule has 1 heterocycles. The van der Waals surface area contributed by atoms with Crippen LogP contribution in [0.25, 0.3) is 0 Å². The van der Waals surface area contributed by atoms with Gasteiger partial charge in [0.1, 0.15) is 15.8 Å². The second-order valence-electron chi connectivity index (χ2n) is 2.45. The van der Waals surface area contributed by atoms with Crippen LogP contribution in [0.3, 0.4) is 0 Å². The Kier molecular flexibility index (Phi) is 3.42. The van der Waals surface area contributed by atoms with Gasteiger partial charge in [-0.2, -0.15) is 5.26 Å². The minimum atomic E-state index is -0.659. The van der Waals surface area contributed by atoms with Crippen LogP contribution in [0.1, 0.15) is 24.9 Å². The Hall–Kier alpha value is -1.87. The van der Waals surface area contributed by atoms with E-state index >= 15 is 0 Å². The molecule has 0 aliphatic heterocycles. The van der Waals surface area contributed by atoms with Gasteiger partial charge in [0.05, 0.1) is 19.8 Å². The van der Waals surface area contributed by atoms with E-state index in [1.54, 1.807) is 0 Å². The summed E-state index contributed by atoms with van der Waals surface area (Å²) in [4.78, 5) is 22.9. The summed E-state index contributed by atoms with van der Waals surface area (Å²) in [6.07, 6.45) is 0. The fraction of sp³-hybridized carbons (Fsp3) is 0.222. The Morgan fingerprint density at radius 1 is 1.33 bits per heavy atom. The Morgan fingerprint density at radius 2 is 1.93 bits per heavy atom. The number of rotatable bonds is 2. The van der Waals surface area contributed by atoms with Gasteiger partial charge in [0.15, 0.2) is 0 Å². The molecule has 0 saturated heterocycles. The van der Waals surface area contributed by atoms with Crippen molar-refractivity contribution in [3.63, 3.8) is 0 Å². The Balaban J connectivity index is 3.24. The second-order valence-corrected chi connectivity index (χ2v) is 3.50. The van der Waals surface area contributed by atoms with Crippen LogP contribution in [0.4, 0.5) is 0 Å². The first-order valence-electron chi connectivity index (χ1n) is 3.84. The van der Waals surface area contributed by atoms with E-state index in [1.807, 2.05) is 6.07 Å². The van der Waals surface area contributed by atoms with Gasteiger partial charge in [-0.25, -0.2) is 9.59 Å². The highest BCUT2D eigenvalue weighted by Crippen LogP contribution is 2.23. The molecule has 0 unspecified atom stereocenters. The molecule has 0 N–H and O–H groups in total. The van der Waals surface area contributed by atoms with Crippen molar-refractivity contribution in [3.05, 3.63) is 21.4 Å². The van der Waals surface area contributed by atoms with E-state index in [0.717, 1.165) is 11.3 Å². The molecule has 0 aliphatic carbocycles. The third-order valence-electron chi connectivity index (χ3n) is 1.62. The fourth-order valence-electron chi connectivity index (χ4n) is 0.952. The van der Waals surface area contributed by atoms with Gasteiger partial charge >= 0.3 is 11.9 Å². The fourth-order valence-corrected chi connectivity index (χ4v) is 1.81. The average Bonchev–Trinajstić information content (AvgIpc) is 2.70. The topological polar surface area (TPSA) is 76.4 Å². The van der Waals surface area contributed by atoms with Crippen LogP contribution >= 0.6 is 11.3 Å². The molecule has 0 saturated carbocycles. The quantitative estimate of drug-likeness (QED) is 0.706. The van der Waals surface area contributed by atoms with Crippen molar-refractivity contribution >= 4 is 23.3 Å². The third-order valence-corrected chi connectivity index (χ3v) is 2.64. The number of carbonyl (C=O) groups is 2. The predicted octanol–water partition coefficient (Wildman–Crippen LogP) is 1.19. The molecule has 15 heavy (non-hydrogen) atoms. The van der Waals surface area contributed by atoms with Crippen molar-refractivity contribution in [1.82, 2.24) is 0 Å².